The zero-order valence-corrected chi connectivity index (χ0v) is 13.4. The number of nitrogens with one attached hydrogen (secondary N) is 1. The van der Waals surface area contributed by atoms with Crippen LogP contribution in [-0.4, -0.2) is 32.5 Å². The summed E-state index contributed by atoms with van der Waals surface area (Å²) in [6.45, 7) is 2.77. The third-order valence-electron chi connectivity index (χ3n) is 4.34. The van der Waals surface area contributed by atoms with Crippen LogP contribution >= 0.6 is 0 Å². The first kappa shape index (κ1) is 14.6. The second-order valence-electron chi connectivity index (χ2n) is 5.88. The van der Waals surface area contributed by atoms with Gasteiger partial charge in [-0.05, 0) is 18.6 Å². The predicted molar refractivity (Wildman–Crippen MR) is 91.4 cm³/mol. The average molecular weight is 318 g/mol. The van der Waals surface area contributed by atoms with Crippen molar-refractivity contribution in [1.82, 2.24) is 20.1 Å². The fourth-order valence-corrected chi connectivity index (χ4v) is 3.33. The van der Waals surface area contributed by atoms with Crippen molar-refractivity contribution in [3.05, 3.63) is 71.7 Å². The number of H-pyrrole nitrogens is 1. The largest absolute Gasteiger partial charge is 0.324 e. The van der Waals surface area contributed by atoms with E-state index in [1.54, 1.807) is 6.20 Å². The summed E-state index contributed by atoms with van der Waals surface area (Å²) in [6, 6.07) is 15.6. The number of rotatable bonds is 4. The lowest BCUT2D eigenvalue weighted by molar-refractivity contribution is 0.0741. The van der Waals surface area contributed by atoms with Gasteiger partial charge < -0.3 is 4.90 Å². The number of carbonyl (C=O) groups excluding carboxylic acids is 1. The summed E-state index contributed by atoms with van der Waals surface area (Å²) < 4.78 is 0. The van der Waals surface area contributed by atoms with E-state index in [1.807, 2.05) is 53.4 Å². The summed E-state index contributed by atoms with van der Waals surface area (Å²) in [5.74, 6) is -0.00261. The number of carbonyl (C=O) groups is 1. The Bertz CT molecular complexity index is 858. The van der Waals surface area contributed by atoms with Crippen LogP contribution in [-0.2, 0) is 0 Å². The molecular weight excluding hydrogens is 300 g/mol. The van der Waals surface area contributed by atoms with Crippen LogP contribution < -0.4 is 0 Å². The number of hydrogen-bond donors (Lipinski definition) is 1. The van der Waals surface area contributed by atoms with Gasteiger partial charge in [-0.3, -0.25) is 14.9 Å². The molecular formula is C19H18N4O. The first-order valence-electron chi connectivity index (χ1n) is 8.16. The maximum atomic E-state index is 12.8. The second kappa shape index (κ2) is 5.92. The summed E-state index contributed by atoms with van der Waals surface area (Å²) in [7, 11) is 0. The molecule has 1 aliphatic rings. The predicted octanol–water partition coefficient (Wildman–Crippen LogP) is 3.43. The van der Waals surface area contributed by atoms with Crippen LogP contribution in [0.5, 0.6) is 0 Å². The smallest absolute Gasteiger partial charge is 0.273 e. The van der Waals surface area contributed by atoms with E-state index in [-0.39, 0.29) is 11.9 Å². The first-order valence-corrected chi connectivity index (χ1v) is 8.16. The van der Waals surface area contributed by atoms with Crippen molar-refractivity contribution in [3.8, 4) is 11.3 Å². The van der Waals surface area contributed by atoms with Gasteiger partial charge in [-0.2, -0.15) is 5.10 Å². The highest BCUT2D eigenvalue weighted by molar-refractivity contribution is 6.00. The Morgan fingerprint density at radius 3 is 2.62 bits per heavy atom. The molecule has 3 aromatic rings. The molecule has 1 aromatic carbocycles. The van der Waals surface area contributed by atoms with E-state index in [4.69, 9.17) is 0 Å². The van der Waals surface area contributed by atoms with Crippen molar-refractivity contribution in [1.29, 1.82) is 0 Å². The van der Waals surface area contributed by atoms with Crippen molar-refractivity contribution >= 4 is 5.91 Å². The molecule has 1 N–H and O–H groups in total. The lowest BCUT2D eigenvalue weighted by Gasteiger charge is -2.25. The lowest BCUT2D eigenvalue weighted by Crippen LogP contribution is -2.30. The van der Waals surface area contributed by atoms with Crippen molar-refractivity contribution in [2.45, 2.75) is 19.4 Å². The number of aromatic nitrogens is 3. The van der Waals surface area contributed by atoms with Crippen molar-refractivity contribution in [3.63, 3.8) is 0 Å². The number of benzene rings is 1. The Kier molecular flexibility index (Phi) is 3.61. The van der Waals surface area contributed by atoms with Crippen LogP contribution in [0.15, 0.2) is 54.7 Å². The molecule has 2 aromatic heterocycles. The molecule has 0 bridgehead atoms. The molecule has 1 amide bonds. The topological polar surface area (TPSA) is 61.9 Å². The number of hydrogen-bond acceptors (Lipinski definition) is 3. The molecule has 0 radical (unpaired) electrons. The standard InChI is InChI=1S/C19H18N4O/c1-2-12-23-18(14-10-6-7-11-20-14)15-16(13-8-4-3-5-9-13)21-22-17(15)19(23)24/h3-11,18H,2,12H2,1H3,(H,21,22). The minimum absolute atomic E-state index is 0.00261. The fraction of sp³-hybridized carbons (Fsp3) is 0.211. The maximum Gasteiger partial charge on any atom is 0.273 e. The van der Waals surface area contributed by atoms with Crippen LogP contribution in [0, 0.1) is 0 Å². The van der Waals surface area contributed by atoms with Crippen molar-refractivity contribution in [2.75, 3.05) is 6.54 Å². The van der Waals surface area contributed by atoms with Gasteiger partial charge in [-0.25, -0.2) is 0 Å². The Balaban J connectivity index is 1.90. The fourth-order valence-electron chi connectivity index (χ4n) is 3.33. The van der Waals surface area contributed by atoms with Crippen molar-refractivity contribution < 1.29 is 4.79 Å². The van der Waals surface area contributed by atoms with E-state index in [9.17, 15) is 4.79 Å². The van der Waals surface area contributed by atoms with E-state index in [2.05, 4.69) is 22.1 Å². The van der Waals surface area contributed by atoms with Gasteiger partial charge in [0.2, 0.25) is 0 Å². The second-order valence-corrected chi connectivity index (χ2v) is 5.88. The van der Waals surface area contributed by atoms with E-state index < -0.39 is 0 Å². The molecule has 1 unspecified atom stereocenters. The van der Waals surface area contributed by atoms with Crippen LogP contribution in [0.2, 0.25) is 0 Å². The Labute approximate surface area is 140 Å². The van der Waals surface area contributed by atoms with Gasteiger partial charge in [-0.15, -0.1) is 0 Å². The van der Waals surface area contributed by atoms with E-state index in [0.29, 0.717) is 12.2 Å². The van der Waals surface area contributed by atoms with Crippen LogP contribution in [0.4, 0.5) is 0 Å². The van der Waals surface area contributed by atoms with E-state index in [0.717, 1.165) is 28.9 Å². The molecule has 0 saturated carbocycles. The van der Waals surface area contributed by atoms with Crippen LogP contribution in [0.1, 0.15) is 41.1 Å². The molecule has 0 spiro atoms. The summed E-state index contributed by atoms with van der Waals surface area (Å²) in [5, 5.41) is 7.38. The summed E-state index contributed by atoms with van der Waals surface area (Å²) >= 11 is 0. The molecule has 5 heteroatoms. The summed E-state index contributed by atoms with van der Waals surface area (Å²) in [5.41, 5.74) is 4.21. The summed E-state index contributed by atoms with van der Waals surface area (Å²) in [4.78, 5) is 19.2. The van der Waals surface area contributed by atoms with Crippen molar-refractivity contribution in [2.24, 2.45) is 0 Å². The van der Waals surface area contributed by atoms with E-state index >= 15 is 0 Å². The average Bonchev–Trinajstić information content (AvgIpc) is 3.17. The number of fused-ring (bicyclic) bond motifs is 1. The molecule has 120 valence electrons. The highest BCUT2D eigenvalue weighted by Gasteiger charge is 2.42. The molecule has 1 aliphatic heterocycles. The maximum absolute atomic E-state index is 12.8. The van der Waals surface area contributed by atoms with Crippen LogP contribution in [0.3, 0.4) is 0 Å². The SMILES string of the molecule is CCCN1C(=O)c2[nH]nc(-c3ccccc3)c2C1c1ccccn1. The Morgan fingerprint density at radius 2 is 1.92 bits per heavy atom. The zero-order chi connectivity index (χ0) is 16.5. The molecule has 24 heavy (non-hydrogen) atoms. The third kappa shape index (κ3) is 2.21. The Morgan fingerprint density at radius 1 is 1.12 bits per heavy atom. The molecule has 0 saturated heterocycles. The normalized spacial score (nSPS) is 16.5. The van der Waals surface area contributed by atoms with Gasteiger partial charge in [0.25, 0.3) is 5.91 Å². The molecule has 5 nitrogen and oxygen atoms in total. The van der Waals surface area contributed by atoms with Gasteiger partial charge in [0, 0.05) is 23.9 Å². The van der Waals surface area contributed by atoms with Gasteiger partial charge in [0.1, 0.15) is 11.7 Å². The number of aromatic amines is 1. The molecule has 3 heterocycles. The number of amides is 1. The number of nitrogens with zero attached hydrogens (tertiary/aromatic N) is 3. The lowest BCUT2D eigenvalue weighted by atomic mass is 9.99. The first-order chi connectivity index (χ1) is 11.8. The van der Waals surface area contributed by atoms with E-state index in [1.165, 1.54) is 0 Å². The van der Waals surface area contributed by atoms with Crippen LogP contribution in [0.25, 0.3) is 11.3 Å². The highest BCUT2D eigenvalue weighted by Crippen LogP contribution is 2.41. The molecule has 4 rings (SSSR count). The molecule has 0 aliphatic carbocycles. The highest BCUT2D eigenvalue weighted by atomic mass is 16.2. The molecule has 0 fully saturated rings. The van der Waals surface area contributed by atoms with Gasteiger partial charge in [0.15, 0.2) is 0 Å². The number of pyridine rings is 1. The molecule has 1 atom stereocenters. The quantitative estimate of drug-likeness (QED) is 0.801. The van der Waals surface area contributed by atoms with Gasteiger partial charge >= 0.3 is 0 Å². The minimum Gasteiger partial charge on any atom is -0.324 e. The third-order valence-corrected chi connectivity index (χ3v) is 4.34. The Hall–Kier alpha value is -2.95. The van der Waals surface area contributed by atoms with Gasteiger partial charge in [0.05, 0.1) is 11.4 Å². The van der Waals surface area contributed by atoms with Gasteiger partial charge in [-0.1, -0.05) is 43.3 Å². The minimum atomic E-state index is -0.192. The zero-order valence-electron chi connectivity index (χ0n) is 13.4. The summed E-state index contributed by atoms with van der Waals surface area (Å²) in [6.07, 6.45) is 2.66. The monoisotopic (exact) mass is 318 g/mol.